The van der Waals surface area contributed by atoms with Crippen molar-refractivity contribution in [3.05, 3.63) is 59.0 Å². The quantitative estimate of drug-likeness (QED) is 0.625. The van der Waals surface area contributed by atoms with Crippen LogP contribution in [0.5, 0.6) is 5.75 Å². The molecule has 0 radical (unpaired) electrons. The molecular formula is C22H23F3N4O2. The van der Waals surface area contributed by atoms with Gasteiger partial charge in [-0.25, -0.2) is 9.50 Å². The van der Waals surface area contributed by atoms with E-state index in [1.165, 1.54) is 6.07 Å². The summed E-state index contributed by atoms with van der Waals surface area (Å²) in [6, 6.07) is 9.88. The lowest BCUT2D eigenvalue weighted by atomic mass is 9.93. The molecule has 3 aromatic rings. The Hall–Kier alpha value is -3.10. The molecule has 6 nitrogen and oxygen atoms in total. The average molecular weight is 432 g/mol. The molecule has 1 saturated heterocycles. The van der Waals surface area contributed by atoms with E-state index in [1.807, 2.05) is 12.1 Å². The van der Waals surface area contributed by atoms with Crippen LogP contribution in [0.25, 0.3) is 5.65 Å². The van der Waals surface area contributed by atoms with Crippen LogP contribution in [0.1, 0.15) is 41.4 Å². The first kappa shape index (κ1) is 21.1. The van der Waals surface area contributed by atoms with Crippen LogP contribution < -0.4 is 4.74 Å². The molecule has 3 heterocycles. The van der Waals surface area contributed by atoms with Crippen molar-refractivity contribution in [3.63, 3.8) is 0 Å². The van der Waals surface area contributed by atoms with Gasteiger partial charge in [-0.2, -0.15) is 18.3 Å². The fourth-order valence-corrected chi connectivity index (χ4v) is 3.99. The molecule has 4 rings (SSSR count). The molecule has 9 heteroatoms. The summed E-state index contributed by atoms with van der Waals surface area (Å²) in [5.41, 5.74) is 1.00. The van der Waals surface area contributed by atoms with Gasteiger partial charge in [-0.3, -0.25) is 4.79 Å². The Labute approximate surface area is 177 Å². The van der Waals surface area contributed by atoms with Gasteiger partial charge in [0, 0.05) is 30.8 Å². The zero-order valence-corrected chi connectivity index (χ0v) is 17.3. The van der Waals surface area contributed by atoms with Gasteiger partial charge in [0.05, 0.1) is 19.2 Å². The summed E-state index contributed by atoms with van der Waals surface area (Å²) in [4.78, 5) is 19.0. The van der Waals surface area contributed by atoms with Crippen molar-refractivity contribution in [3.8, 4) is 5.75 Å². The molecule has 0 bridgehead atoms. The minimum absolute atomic E-state index is 0.0489. The lowest BCUT2D eigenvalue weighted by molar-refractivity contribution is -0.142. The molecule has 164 valence electrons. The molecule has 1 aliphatic heterocycles. The van der Waals surface area contributed by atoms with E-state index in [0.717, 1.165) is 16.1 Å². The van der Waals surface area contributed by atoms with Gasteiger partial charge in [-0.05, 0) is 43.5 Å². The number of ether oxygens (including phenoxy) is 1. The molecule has 1 fully saturated rings. The van der Waals surface area contributed by atoms with Crippen LogP contribution in [0.15, 0.2) is 36.4 Å². The number of methoxy groups -OCH3 is 1. The van der Waals surface area contributed by atoms with Crippen LogP contribution in [0.3, 0.4) is 0 Å². The maximum atomic E-state index is 13.6. The highest BCUT2D eigenvalue weighted by Gasteiger charge is 2.36. The van der Waals surface area contributed by atoms with Gasteiger partial charge in [0.1, 0.15) is 11.4 Å². The van der Waals surface area contributed by atoms with Gasteiger partial charge < -0.3 is 9.64 Å². The van der Waals surface area contributed by atoms with E-state index in [-0.39, 0.29) is 23.9 Å². The second-order valence-electron chi connectivity index (χ2n) is 7.82. The third-order valence-corrected chi connectivity index (χ3v) is 5.57. The Morgan fingerprint density at radius 3 is 2.65 bits per heavy atom. The minimum Gasteiger partial charge on any atom is -0.497 e. The molecule has 1 aliphatic rings. The van der Waals surface area contributed by atoms with Crippen molar-refractivity contribution in [2.75, 3.05) is 20.2 Å². The van der Waals surface area contributed by atoms with Gasteiger partial charge in [0.15, 0.2) is 5.65 Å². The molecule has 0 spiro atoms. The van der Waals surface area contributed by atoms with Crippen molar-refractivity contribution in [2.24, 2.45) is 0 Å². The van der Waals surface area contributed by atoms with E-state index in [2.05, 4.69) is 10.1 Å². The standard InChI is InChI=1S/C22H23F3N4O2/c1-14-10-20-26-18(12-19(22(23,24)25)29(20)27-14)16-4-3-9-28(13-16)21(30)11-15-5-7-17(31-2)8-6-15/h5-8,10,12,16H,3-4,9,11,13H2,1-2H3/t16-/m0/s1. The average Bonchev–Trinajstić information content (AvgIpc) is 3.12. The predicted octanol–water partition coefficient (Wildman–Crippen LogP) is 4.01. The predicted molar refractivity (Wildman–Crippen MR) is 108 cm³/mol. The third-order valence-electron chi connectivity index (χ3n) is 5.57. The third kappa shape index (κ3) is 4.50. The minimum atomic E-state index is -4.55. The number of carbonyl (C=O) groups excluding carboxylic acids is 1. The highest BCUT2D eigenvalue weighted by molar-refractivity contribution is 5.79. The van der Waals surface area contributed by atoms with Crippen molar-refractivity contribution in [2.45, 2.75) is 38.3 Å². The normalized spacial score (nSPS) is 17.2. The summed E-state index contributed by atoms with van der Waals surface area (Å²) in [5.74, 6) is 0.410. The molecule has 0 unspecified atom stereocenters. The topological polar surface area (TPSA) is 59.7 Å². The van der Waals surface area contributed by atoms with Crippen molar-refractivity contribution in [1.29, 1.82) is 0 Å². The Kier molecular flexibility index (Phi) is 5.60. The molecule has 0 aliphatic carbocycles. The second-order valence-corrected chi connectivity index (χ2v) is 7.82. The van der Waals surface area contributed by atoms with E-state index >= 15 is 0 Å². The van der Waals surface area contributed by atoms with Crippen LogP contribution in [0, 0.1) is 6.92 Å². The highest BCUT2D eigenvalue weighted by Crippen LogP contribution is 2.33. The highest BCUT2D eigenvalue weighted by atomic mass is 19.4. The fraction of sp³-hybridized carbons (Fsp3) is 0.409. The smallest absolute Gasteiger partial charge is 0.433 e. The van der Waals surface area contributed by atoms with Crippen LogP contribution in [0.2, 0.25) is 0 Å². The van der Waals surface area contributed by atoms with Crippen LogP contribution >= 0.6 is 0 Å². The number of fused-ring (bicyclic) bond motifs is 1. The number of alkyl halides is 3. The number of piperidine rings is 1. The number of aryl methyl sites for hydroxylation is 1. The number of rotatable bonds is 4. The van der Waals surface area contributed by atoms with Gasteiger partial charge in [0.25, 0.3) is 0 Å². The molecule has 2 aromatic heterocycles. The maximum absolute atomic E-state index is 13.6. The molecule has 0 N–H and O–H groups in total. The number of likely N-dealkylation sites (tertiary alicyclic amines) is 1. The largest absolute Gasteiger partial charge is 0.497 e. The number of hydrogen-bond donors (Lipinski definition) is 0. The Morgan fingerprint density at radius 2 is 1.97 bits per heavy atom. The molecule has 1 aromatic carbocycles. The number of benzene rings is 1. The van der Waals surface area contributed by atoms with E-state index < -0.39 is 11.9 Å². The maximum Gasteiger partial charge on any atom is 0.433 e. The number of halogens is 3. The van der Waals surface area contributed by atoms with Gasteiger partial charge in [0.2, 0.25) is 5.91 Å². The van der Waals surface area contributed by atoms with Crippen LogP contribution in [0.4, 0.5) is 13.2 Å². The zero-order valence-electron chi connectivity index (χ0n) is 17.3. The first-order valence-electron chi connectivity index (χ1n) is 10.1. The molecule has 31 heavy (non-hydrogen) atoms. The van der Waals surface area contributed by atoms with Crippen molar-refractivity contribution >= 4 is 11.6 Å². The van der Waals surface area contributed by atoms with Gasteiger partial charge in [-0.15, -0.1) is 0 Å². The SMILES string of the molecule is COc1ccc(CC(=O)N2CCC[C@H](c3cc(C(F)(F)F)n4nc(C)cc4n3)C2)cc1. The molecule has 1 amide bonds. The molecular weight excluding hydrogens is 409 g/mol. The van der Waals surface area contributed by atoms with Crippen LogP contribution in [-0.2, 0) is 17.4 Å². The van der Waals surface area contributed by atoms with E-state index in [4.69, 9.17) is 4.74 Å². The number of nitrogens with zero attached hydrogens (tertiary/aromatic N) is 4. The second kappa shape index (κ2) is 8.20. The Morgan fingerprint density at radius 1 is 1.23 bits per heavy atom. The summed E-state index contributed by atoms with van der Waals surface area (Å²) in [6.07, 6.45) is -2.92. The zero-order chi connectivity index (χ0) is 22.2. The lowest BCUT2D eigenvalue weighted by Gasteiger charge is -2.33. The van der Waals surface area contributed by atoms with E-state index in [0.29, 0.717) is 43.1 Å². The summed E-state index contributed by atoms with van der Waals surface area (Å²) in [7, 11) is 1.58. The number of carbonyl (C=O) groups is 1. The van der Waals surface area contributed by atoms with Crippen LogP contribution in [-0.4, -0.2) is 45.6 Å². The number of hydrogen-bond acceptors (Lipinski definition) is 4. The Balaban J connectivity index is 1.55. The summed E-state index contributed by atoms with van der Waals surface area (Å²) in [5, 5.41) is 3.93. The van der Waals surface area contributed by atoms with Gasteiger partial charge in [-0.1, -0.05) is 12.1 Å². The summed E-state index contributed by atoms with van der Waals surface area (Å²) in [6.45, 7) is 2.57. The summed E-state index contributed by atoms with van der Waals surface area (Å²) < 4.78 is 46.8. The number of amides is 1. The molecule has 1 atom stereocenters. The summed E-state index contributed by atoms with van der Waals surface area (Å²) >= 11 is 0. The van der Waals surface area contributed by atoms with Crippen molar-refractivity contribution < 1.29 is 22.7 Å². The first-order chi connectivity index (χ1) is 14.7. The van der Waals surface area contributed by atoms with E-state index in [1.54, 1.807) is 31.1 Å². The molecule has 0 saturated carbocycles. The van der Waals surface area contributed by atoms with Crippen molar-refractivity contribution in [1.82, 2.24) is 19.5 Å². The van der Waals surface area contributed by atoms with Gasteiger partial charge >= 0.3 is 6.18 Å². The van der Waals surface area contributed by atoms with E-state index in [9.17, 15) is 18.0 Å². The lowest BCUT2D eigenvalue weighted by Crippen LogP contribution is -2.40. The Bertz CT molecular complexity index is 1090. The fourth-order valence-electron chi connectivity index (χ4n) is 3.99. The number of aromatic nitrogens is 3. The first-order valence-corrected chi connectivity index (χ1v) is 10.1. The monoisotopic (exact) mass is 432 g/mol.